The number of likely N-dealkylation sites (tertiary alicyclic amines) is 1. The van der Waals surface area contributed by atoms with E-state index >= 15 is 0 Å². The van der Waals surface area contributed by atoms with Crippen molar-refractivity contribution >= 4 is 28.2 Å². The lowest BCUT2D eigenvalue weighted by molar-refractivity contribution is 0.0683. The summed E-state index contributed by atoms with van der Waals surface area (Å²) in [4.78, 5) is 19.7. The maximum absolute atomic E-state index is 12.9. The highest BCUT2D eigenvalue weighted by Gasteiger charge is 2.29. The molecule has 0 unspecified atom stereocenters. The Morgan fingerprint density at radius 3 is 2.68 bits per heavy atom. The number of ether oxygens (including phenoxy) is 1. The fourth-order valence-electron chi connectivity index (χ4n) is 3.61. The third-order valence-corrected chi connectivity index (χ3v) is 6.37. The van der Waals surface area contributed by atoms with Crippen molar-refractivity contribution in [3.05, 3.63) is 46.1 Å². The van der Waals surface area contributed by atoms with Gasteiger partial charge in [-0.15, -0.1) is 11.3 Å². The zero-order valence-electron chi connectivity index (χ0n) is 16.8. The standard InChI is InChI=1S/C22H26N2O3S/c1-22(2,3)18-13-28-20(23-18)14-8-10-24(11-9-14)21(25)17-12-15-6-5-7-16(26-4)19(15)27-17/h5-7,12-14H,8-11H2,1-4H3. The van der Waals surface area contributed by atoms with Crippen LogP contribution in [0.25, 0.3) is 11.0 Å². The van der Waals surface area contributed by atoms with E-state index in [-0.39, 0.29) is 11.3 Å². The van der Waals surface area contributed by atoms with Gasteiger partial charge in [0.1, 0.15) is 0 Å². The van der Waals surface area contributed by atoms with E-state index in [0.717, 1.165) is 37.0 Å². The second-order valence-electron chi connectivity index (χ2n) is 8.38. The van der Waals surface area contributed by atoms with Crippen molar-refractivity contribution in [1.82, 2.24) is 9.88 Å². The van der Waals surface area contributed by atoms with Gasteiger partial charge in [-0.05, 0) is 25.0 Å². The average molecular weight is 399 g/mol. The van der Waals surface area contributed by atoms with Crippen LogP contribution in [-0.4, -0.2) is 36.0 Å². The van der Waals surface area contributed by atoms with Crippen LogP contribution in [0, 0.1) is 0 Å². The van der Waals surface area contributed by atoms with Crippen LogP contribution >= 0.6 is 11.3 Å². The van der Waals surface area contributed by atoms with Gasteiger partial charge in [0.15, 0.2) is 17.1 Å². The number of hydrogen-bond acceptors (Lipinski definition) is 5. The first kappa shape index (κ1) is 19.0. The molecule has 0 aliphatic carbocycles. The molecule has 0 spiro atoms. The molecule has 1 fully saturated rings. The van der Waals surface area contributed by atoms with Gasteiger partial charge < -0.3 is 14.1 Å². The Labute approximate surface area is 169 Å². The van der Waals surface area contributed by atoms with Crippen LogP contribution in [0.2, 0.25) is 0 Å². The molecule has 4 rings (SSSR count). The van der Waals surface area contributed by atoms with E-state index in [2.05, 4.69) is 26.2 Å². The van der Waals surface area contributed by atoms with Crippen molar-refractivity contribution < 1.29 is 13.9 Å². The Kier molecular flexibility index (Phi) is 4.91. The Morgan fingerprint density at radius 2 is 2.04 bits per heavy atom. The zero-order chi connectivity index (χ0) is 19.9. The van der Waals surface area contributed by atoms with E-state index in [1.807, 2.05) is 29.2 Å². The summed E-state index contributed by atoms with van der Waals surface area (Å²) in [5.74, 6) is 1.41. The number of thiazole rings is 1. The molecule has 1 amide bonds. The molecule has 148 valence electrons. The van der Waals surface area contributed by atoms with Crippen molar-refractivity contribution in [1.29, 1.82) is 0 Å². The van der Waals surface area contributed by atoms with Crippen molar-refractivity contribution in [3.8, 4) is 5.75 Å². The number of amides is 1. The van der Waals surface area contributed by atoms with Gasteiger partial charge in [0.05, 0.1) is 17.8 Å². The Morgan fingerprint density at radius 1 is 1.29 bits per heavy atom. The lowest BCUT2D eigenvalue weighted by atomic mass is 9.93. The molecule has 5 nitrogen and oxygen atoms in total. The third kappa shape index (κ3) is 3.53. The normalized spacial score (nSPS) is 15.9. The minimum Gasteiger partial charge on any atom is -0.493 e. The number of carbonyl (C=O) groups is 1. The van der Waals surface area contributed by atoms with Crippen molar-refractivity contribution in [2.45, 2.75) is 44.9 Å². The second-order valence-corrected chi connectivity index (χ2v) is 9.27. The molecule has 6 heteroatoms. The average Bonchev–Trinajstić information content (AvgIpc) is 3.34. The number of furan rings is 1. The largest absolute Gasteiger partial charge is 0.493 e. The molecule has 0 atom stereocenters. The first-order chi connectivity index (χ1) is 13.4. The van der Waals surface area contributed by atoms with Crippen LogP contribution in [0.5, 0.6) is 5.75 Å². The van der Waals surface area contributed by atoms with E-state index < -0.39 is 0 Å². The molecule has 0 bridgehead atoms. The fraction of sp³-hybridized carbons (Fsp3) is 0.455. The van der Waals surface area contributed by atoms with Crippen molar-refractivity contribution in [2.75, 3.05) is 20.2 Å². The smallest absolute Gasteiger partial charge is 0.289 e. The molecule has 1 saturated heterocycles. The van der Waals surface area contributed by atoms with Crippen LogP contribution in [0.15, 0.2) is 34.1 Å². The SMILES string of the molecule is COc1cccc2cc(C(=O)N3CCC(c4nc(C(C)(C)C)cs4)CC3)oc12. The molecule has 1 aliphatic rings. The van der Waals surface area contributed by atoms with Crippen LogP contribution in [-0.2, 0) is 5.41 Å². The van der Waals surface area contributed by atoms with Gasteiger partial charge >= 0.3 is 0 Å². The number of piperidine rings is 1. The lowest BCUT2D eigenvalue weighted by Crippen LogP contribution is -2.37. The monoisotopic (exact) mass is 398 g/mol. The molecule has 0 saturated carbocycles. The number of aromatic nitrogens is 1. The van der Waals surface area contributed by atoms with Gasteiger partial charge in [-0.1, -0.05) is 32.9 Å². The van der Waals surface area contributed by atoms with Gasteiger partial charge in [-0.3, -0.25) is 4.79 Å². The predicted octanol–water partition coefficient (Wildman–Crippen LogP) is 5.22. The zero-order valence-corrected chi connectivity index (χ0v) is 17.6. The topological polar surface area (TPSA) is 55.6 Å². The minimum atomic E-state index is -0.0498. The van der Waals surface area contributed by atoms with E-state index in [0.29, 0.717) is 23.0 Å². The number of fused-ring (bicyclic) bond motifs is 1. The minimum absolute atomic E-state index is 0.0498. The highest BCUT2D eigenvalue weighted by atomic mass is 32.1. The van der Waals surface area contributed by atoms with Gasteiger partial charge in [0.25, 0.3) is 5.91 Å². The summed E-state index contributed by atoms with van der Waals surface area (Å²) in [7, 11) is 1.60. The number of methoxy groups -OCH3 is 1. The fourth-order valence-corrected chi connectivity index (χ4v) is 4.83. The molecular formula is C22H26N2O3S. The van der Waals surface area contributed by atoms with Crippen molar-refractivity contribution in [2.24, 2.45) is 0 Å². The number of hydrogen-bond donors (Lipinski definition) is 0. The summed E-state index contributed by atoms with van der Waals surface area (Å²) in [5.41, 5.74) is 1.86. The highest BCUT2D eigenvalue weighted by Crippen LogP contribution is 2.34. The first-order valence-electron chi connectivity index (χ1n) is 9.68. The Bertz CT molecular complexity index is 991. The van der Waals surface area contributed by atoms with Gasteiger partial charge in [0, 0.05) is 35.2 Å². The van der Waals surface area contributed by atoms with Gasteiger partial charge in [0.2, 0.25) is 0 Å². The van der Waals surface area contributed by atoms with Gasteiger partial charge in [-0.2, -0.15) is 0 Å². The molecule has 0 radical (unpaired) electrons. The number of benzene rings is 1. The van der Waals surface area contributed by atoms with Gasteiger partial charge in [-0.25, -0.2) is 4.98 Å². The Balaban J connectivity index is 1.45. The molecule has 1 aromatic carbocycles. The first-order valence-corrected chi connectivity index (χ1v) is 10.6. The molecular weight excluding hydrogens is 372 g/mol. The third-order valence-electron chi connectivity index (χ3n) is 5.36. The maximum atomic E-state index is 12.9. The molecule has 28 heavy (non-hydrogen) atoms. The number of carbonyl (C=O) groups excluding carboxylic acids is 1. The second kappa shape index (κ2) is 7.24. The number of para-hydroxylation sites is 1. The van der Waals surface area contributed by atoms with Crippen LogP contribution < -0.4 is 4.74 Å². The summed E-state index contributed by atoms with van der Waals surface area (Å²) in [6, 6.07) is 7.48. The van der Waals surface area contributed by atoms with E-state index in [4.69, 9.17) is 14.1 Å². The molecule has 2 aromatic heterocycles. The van der Waals surface area contributed by atoms with Crippen LogP contribution in [0.3, 0.4) is 0 Å². The molecule has 3 heterocycles. The summed E-state index contributed by atoms with van der Waals surface area (Å²) < 4.78 is 11.2. The summed E-state index contributed by atoms with van der Waals surface area (Å²) in [6.45, 7) is 8.02. The lowest BCUT2D eigenvalue weighted by Gasteiger charge is -2.30. The molecule has 1 aliphatic heterocycles. The van der Waals surface area contributed by atoms with E-state index in [9.17, 15) is 4.79 Å². The van der Waals surface area contributed by atoms with Crippen LogP contribution in [0.1, 0.15) is 60.8 Å². The summed E-state index contributed by atoms with van der Waals surface area (Å²) in [5, 5.41) is 4.26. The molecule has 3 aromatic rings. The predicted molar refractivity (Wildman–Crippen MR) is 111 cm³/mol. The number of rotatable bonds is 3. The molecule has 0 N–H and O–H groups in total. The number of nitrogens with zero attached hydrogens (tertiary/aromatic N) is 2. The Hall–Kier alpha value is -2.34. The van der Waals surface area contributed by atoms with Crippen LogP contribution in [0.4, 0.5) is 0 Å². The van der Waals surface area contributed by atoms with Crippen molar-refractivity contribution in [3.63, 3.8) is 0 Å². The van der Waals surface area contributed by atoms with E-state index in [1.165, 1.54) is 5.01 Å². The summed E-state index contributed by atoms with van der Waals surface area (Å²) >= 11 is 1.75. The highest BCUT2D eigenvalue weighted by molar-refractivity contribution is 7.09. The summed E-state index contributed by atoms with van der Waals surface area (Å²) in [6.07, 6.45) is 1.87. The van der Waals surface area contributed by atoms with E-state index in [1.54, 1.807) is 18.4 Å². The quantitative estimate of drug-likeness (QED) is 0.607. The maximum Gasteiger partial charge on any atom is 0.289 e.